The van der Waals surface area contributed by atoms with Gasteiger partial charge in [-0.15, -0.1) is 0 Å². The van der Waals surface area contributed by atoms with Gasteiger partial charge in [-0.3, -0.25) is 14.5 Å². The highest BCUT2D eigenvalue weighted by atomic mass is 16.2. The lowest BCUT2D eigenvalue weighted by Crippen LogP contribution is -2.50. The highest BCUT2D eigenvalue weighted by Crippen LogP contribution is 2.19. The van der Waals surface area contributed by atoms with Gasteiger partial charge >= 0.3 is 0 Å². The molecule has 6 heteroatoms. The zero-order chi connectivity index (χ0) is 20.1. The molecule has 0 N–H and O–H groups in total. The second-order valence-electron chi connectivity index (χ2n) is 8.61. The SMILES string of the molecule is CC(C)(C)CCN1CCN(C(=O)Cn2nc(-c3ccccc3)ccc2=O)CC1. The maximum atomic E-state index is 12.7. The summed E-state index contributed by atoms with van der Waals surface area (Å²) in [6.45, 7) is 11.0. The first kappa shape index (κ1) is 20.3. The summed E-state index contributed by atoms with van der Waals surface area (Å²) in [5.41, 5.74) is 1.69. The van der Waals surface area contributed by atoms with Crippen LogP contribution in [0.1, 0.15) is 27.2 Å². The Kier molecular flexibility index (Phi) is 6.29. The quantitative estimate of drug-likeness (QED) is 0.797. The minimum Gasteiger partial charge on any atom is -0.339 e. The van der Waals surface area contributed by atoms with E-state index in [-0.39, 0.29) is 18.0 Å². The molecule has 1 aliphatic heterocycles. The number of carbonyl (C=O) groups is 1. The van der Waals surface area contributed by atoms with Gasteiger partial charge < -0.3 is 4.90 Å². The van der Waals surface area contributed by atoms with E-state index in [1.54, 1.807) is 6.07 Å². The van der Waals surface area contributed by atoms with E-state index >= 15 is 0 Å². The average molecular weight is 383 g/mol. The molecule has 1 fully saturated rings. The Morgan fingerprint density at radius 3 is 2.32 bits per heavy atom. The number of amides is 1. The van der Waals surface area contributed by atoms with Crippen molar-refractivity contribution in [3.05, 3.63) is 52.8 Å². The van der Waals surface area contributed by atoms with Gasteiger partial charge in [0.15, 0.2) is 0 Å². The molecule has 150 valence electrons. The number of nitrogens with zero attached hydrogens (tertiary/aromatic N) is 4. The third-order valence-electron chi connectivity index (χ3n) is 5.12. The Labute approximate surface area is 166 Å². The smallest absolute Gasteiger partial charge is 0.267 e. The van der Waals surface area contributed by atoms with Crippen LogP contribution in [0, 0.1) is 5.41 Å². The van der Waals surface area contributed by atoms with Gasteiger partial charge in [0.05, 0.1) is 5.69 Å². The molecule has 28 heavy (non-hydrogen) atoms. The van der Waals surface area contributed by atoms with Crippen LogP contribution in [0.4, 0.5) is 0 Å². The molecule has 1 saturated heterocycles. The molecule has 1 amide bonds. The first-order valence-corrected chi connectivity index (χ1v) is 9.95. The third kappa shape index (κ3) is 5.52. The molecule has 0 radical (unpaired) electrons. The molecule has 0 saturated carbocycles. The van der Waals surface area contributed by atoms with Crippen LogP contribution >= 0.6 is 0 Å². The monoisotopic (exact) mass is 382 g/mol. The van der Waals surface area contributed by atoms with E-state index in [9.17, 15) is 9.59 Å². The van der Waals surface area contributed by atoms with E-state index in [2.05, 4.69) is 30.8 Å². The summed E-state index contributed by atoms with van der Waals surface area (Å²) in [6.07, 6.45) is 1.15. The Morgan fingerprint density at radius 2 is 1.68 bits per heavy atom. The number of piperazine rings is 1. The van der Waals surface area contributed by atoms with Gasteiger partial charge in [-0.05, 0) is 24.4 Å². The normalized spacial score (nSPS) is 15.6. The second kappa shape index (κ2) is 8.69. The van der Waals surface area contributed by atoms with E-state index in [1.165, 1.54) is 10.7 Å². The van der Waals surface area contributed by atoms with Crippen molar-refractivity contribution in [3.8, 4) is 11.3 Å². The Morgan fingerprint density at radius 1 is 1.00 bits per heavy atom. The van der Waals surface area contributed by atoms with Gasteiger partial charge in [0.25, 0.3) is 5.56 Å². The Bertz CT molecular complexity index is 847. The molecule has 6 nitrogen and oxygen atoms in total. The van der Waals surface area contributed by atoms with E-state index in [4.69, 9.17) is 0 Å². The summed E-state index contributed by atoms with van der Waals surface area (Å²) < 4.78 is 1.27. The minimum atomic E-state index is -0.253. The summed E-state index contributed by atoms with van der Waals surface area (Å²) in [5.74, 6) is -0.0460. The fourth-order valence-electron chi connectivity index (χ4n) is 3.27. The number of carbonyl (C=O) groups excluding carboxylic acids is 1. The summed E-state index contributed by atoms with van der Waals surface area (Å²) >= 11 is 0. The average Bonchev–Trinajstić information content (AvgIpc) is 2.68. The highest BCUT2D eigenvalue weighted by molar-refractivity contribution is 5.76. The maximum Gasteiger partial charge on any atom is 0.267 e. The van der Waals surface area contributed by atoms with Crippen molar-refractivity contribution in [2.24, 2.45) is 5.41 Å². The van der Waals surface area contributed by atoms with Crippen molar-refractivity contribution in [2.75, 3.05) is 32.7 Å². The third-order valence-corrected chi connectivity index (χ3v) is 5.12. The topological polar surface area (TPSA) is 58.4 Å². The minimum absolute atomic E-state index is 0.0124. The summed E-state index contributed by atoms with van der Waals surface area (Å²) in [5, 5.41) is 4.40. The molecule has 1 aromatic carbocycles. The van der Waals surface area contributed by atoms with Crippen LogP contribution in [0.3, 0.4) is 0 Å². The molecular weight excluding hydrogens is 352 g/mol. The van der Waals surface area contributed by atoms with Gasteiger partial charge in [-0.2, -0.15) is 5.10 Å². The van der Waals surface area contributed by atoms with Crippen molar-refractivity contribution in [3.63, 3.8) is 0 Å². The first-order chi connectivity index (χ1) is 13.3. The van der Waals surface area contributed by atoms with Gasteiger partial charge in [-0.25, -0.2) is 4.68 Å². The fourth-order valence-corrected chi connectivity index (χ4v) is 3.27. The zero-order valence-corrected chi connectivity index (χ0v) is 17.1. The standard InChI is InChI=1S/C22H30N4O2/c1-22(2,3)11-12-24-13-15-25(16-14-24)21(28)17-26-20(27)10-9-19(23-26)18-7-5-4-6-8-18/h4-10H,11-17H2,1-3H3. The lowest BCUT2D eigenvalue weighted by molar-refractivity contribution is -0.133. The molecule has 0 atom stereocenters. The van der Waals surface area contributed by atoms with Gasteiger partial charge in [0.1, 0.15) is 6.54 Å². The van der Waals surface area contributed by atoms with E-state index in [1.807, 2.05) is 35.2 Å². The molecule has 2 heterocycles. The number of aromatic nitrogens is 2. The predicted octanol–water partition coefficient (Wildman–Crippen LogP) is 2.49. The molecule has 2 aromatic rings. The number of rotatable bonds is 5. The zero-order valence-electron chi connectivity index (χ0n) is 17.1. The molecule has 3 rings (SSSR count). The molecule has 0 aliphatic carbocycles. The highest BCUT2D eigenvalue weighted by Gasteiger charge is 2.23. The molecule has 0 spiro atoms. The number of hydrogen-bond donors (Lipinski definition) is 0. The van der Waals surface area contributed by atoms with Gasteiger partial charge in [0, 0.05) is 37.8 Å². The molecular formula is C22H30N4O2. The van der Waals surface area contributed by atoms with Crippen molar-refractivity contribution >= 4 is 5.91 Å². The lowest BCUT2D eigenvalue weighted by atomic mass is 9.92. The van der Waals surface area contributed by atoms with Crippen LogP contribution in [-0.4, -0.2) is 58.2 Å². The van der Waals surface area contributed by atoms with Crippen molar-refractivity contribution < 1.29 is 4.79 Å². The Balaban J connectivity index is 1.59. The van der Waals surface area contributed by atoms with E-state index in [0.717, 1.165) is 31.6 Å². The molecule has 1 aliphatic rings. The van der Waals surface area contributed by atoms with Gasteiger partial charge in [0.2, 0.25) is 5.91 Å². The number of hydrogen-bond acceptors (Lipinski definition) is 4. The molecule has 0 unspecified atom stereocenters. The van der Waals surface area contributed by atoms with Crippen molar-refractivity contribution in [1.82, 2.24) is 19.6 Å². The largest absolute Gasteiger partial charge is 0.339 e. The Hall–Kier alpha value is -2.47. The van der Waals surface area contributed by atoms with Crippen LogP contribution in [0.5, 0.6) is 0 Å². The summed E-state index contributed by atoms with van der Waals surface area (Å²) in [6, 6.07) is 12.9. The second-order valence-corrected chi connectivity index (χ2v) is 8.61. The van der Waals surface area contributed by atoms with Crippen LogP contribution in [0.2, 0.25) is 0 Å². The van der Waals surface area contributed by atoms with E-state index in [0.29, 0.717) is 24.2 Å². The molecule has 1 aromatic heterocycles. The van der Waals surface area contributed by atoms with Crippen LogP contribution in [-0.2, 0) is 11.3 Å². The van der Waals surface area contributed by atoms with Crippen LogP contribution < -0.4 is 5.56 Å². The van der Waals surface area contributed by atoms with E-state index < -0.39 is 0 Å². The first-order valence-electron chi connectivity index (χ1n) is 9.95. The van der Waals surface area contributed by atoms with Crippen molar-refractivity contribution in [1.29, 1.82) is 0 Å². The lowest BCUT2D eigenvalue weighted by Gasteiger charge is -2.36. The van der Waals surface area contributed by atoms with Crippen molar-refractivity contribution in [2.45, 2.75) is 33.7 Å². The van der Waals surface area contributed by atoms with Crippen LogP contribution in [0.25, 0.3) is 11.3 Å². The molecule has 0 bridgehead atoms. The number of benzene rings is 1. The summed E-state index contributed by atoms with van der Waals surface area (Å²) in [7, 11) is 0. The predicted molar refractivity (Wildman–Crippen MR) is 111 cm³/mol. The maximum absolute atomic E-state index is 12.7. The van der Waals surface area contributed by atoms with Crippen LogP contribution in [0.15, 0.2) is 47.3 Å². The van der Waals surface area contributed by atoms with Gasteiger partial charge in [-0.1, -0.05) is 51.1 Å². The summed E-state index contributed by atoms with van der Waals surface area (Å²) in [4.78, 5) is 29.1. The fraction of sp³-hybridized carbons (Fsp3) is 0.500.